The Morgan fingerprint density at radius 1 is 1.20 bits per heavy atom. The number of hydrogen-bond donors (Lipinski definition) is 1. The van der Waals surface area contributed by atoms with E-state index in [4.69, 9.17) is 0 Å². The Morgan fingerprint density at radius 3 is 2.80 bits per heavy atom. The molecule has 0 radical (unpaired) electrons. The van der Waals surface area contributed by atoms with Crippen LogP contribution in [0.15, 0.2) is 0 Å². The van der Waals surface area contributed by atoms with Crippen LogP contribution in [0.3, 0.4) is 0 Å². The molecule has 1 nitrogen and oxygen atoms in total. The van der Waals surface area contributed by atoms with E-state index in [0.717, 1.165) is 11.8 Å². The van der Waals surface area contributed by atoms with E-state index in [1.807, 2.05) is 0 Å². The Bertz CT molecular complexity index is 136. The summed E-state index contributed by atoms with van der Waals surface area (Å²) in [5.41, 5.74) is 0. The fraction of sp³-hybridized carbons (Fsp3) is 1.00. The van der Waals surface area contributed by atoms with E-state index in [0.29, 0.717) is 0 Å². The second-order valence-electron chi connectivity index (χ2n) is 5.20. The van der Waals surface area contributed by atoms with Gasteiger partial charge in [-0.2, -0.15) is 0 Å². The summed E-state index contributed by atoms with van der Waals surface area (Å²) in [4.78, 5) is 0. The van der Waals surface area contributed by atoms with Crippen LogP contribution in [0.2, 0.25) is 0 Å². The monoisotopic (exact) mass is 211 g/mol. The molecule has 2 atom stereocenters. The van der Waals surface area contributed by atoms with Crippen LogP contribution in [0.1, 0.15) is 65.2 Å². The molecule has 0 aromatic rings. The van der Waals surface area contributed by atoms with Gasteiger partial charge >= 0.3 is 0 Å². The van der Waals surface area contributed by atoms with E-state index < -0.39 is 0 Å². The van der Waals surface area contributed by atoms with Gasteiger partial charge in [0.05, 0.1) is 0 Å². The molecule has 0 aromatic heterocycles. The molecule has 0 amide bonds. The summed E-state index contributed by atoms with van der Waals surface area (Å²) in [6, 6.07) is 0. The Hall–Kier alpha value is -0.0400. The maximum Gasteiger partial charge on any atom is -0.00463 e. The summed E-state index contributed by atoms with van der Waals surface area (Å²) >= 11 is 0. The molecule has 2 unspecified atom stereocenters. The maximum atomic E-state index is 3.51. The number of unbranched alkanes of at least 4 members (excludes halogenated alkanes) is 1. The van der Waals surface area contributed by atoms with Gasteiger partial charge in [-0.15, -0.1) is 0 Å². The van der Waals surface area contributed by atoms with Crippen molar-refractivity contribution in [3.05, 3.63) is 0 Å². The first-order valence-corrected chi connectivity index (χ1v) is 7.07. The molecule has 0 aliphatic carbocycles. The van der Waals surface area contributed by atoms with Crippen LogP contribution in [0, 0.1) is 11.8 Å². The highest BCUT2D eigenvalue weighted by Gasteiger charge is 2.16. The second kappa shape index (κ2) is 8.15. The molecule has 90 valence electrons. The Kier molecular flexibility index (Phi) is 7.08. The van der Waals surface area contributed by atoms with Crippen LogP contribution in [0.5, 0.6) is 0 Å². The van der Waals surface area contributed by atoms with Gasteiger partial charge in [-0.3, -0.25) is 0 Å². The van der Waals surface area contributed by atoms with Crippen molar-refractivity contribution >= 4 is 0 Å². The standard InChI is InChI=1S/C14H29N/c1-3-5-7-13(4-2)12-14-8-6-10-15-11-9-14/h13-15H,3-12H2,1-2H3. The summed E-state index contributed by atoms with van der Waals surface area (Å²) < 4.78 is 0. The van der Waals surface area contributed by atoms with E-state index in [-0.39, 0.29) is 0 Å². The lowest BCUT2D eigenvalue weighted by Crippen LogP contribution is -2.15. The molecule has 1 heteroatoms. The molecule has 1 aliphatic heterocycles. The molecular formula is C14H29N. The Morgan fingerprint density at radius 2 is 2.07 bits per heavy atom. The summed E-state index contributed by atoms with van der Waals surface area (Å²) in [7, 11) is 0. The third-order valence-corrected chi connectivity index (χ3v) is 3.91. The van der Waals surface area contributed by atoms with Crippen molar-refractivity contribution in [2.45, 2.75) is 65.2 Å². The summed E-state index contributed by atoms with van der Waals surface area (Å²) in [5.74, 6) is 2.02. The van der Waals surface area contributed by atoms with Gasteiger partial charge in [-0.25, -0.2) is 0 Å². The van der Waals surface area contributed by atoms with Crippen molar-refractivity contribution in [2.75, 3.05) is 13.1 Å². The smallest absolute Gasteiger partial charge is 0.00463 e. The van der Waals surface area contributed by atoms with E-state index in [1.165, 1.54) is 64.5 Å². The molecule has 1 heterocycles. The SMILES string of the molecule is CCCCC(CC)CC1CCCNCC1. The number of hydrogen-bond acceptors (Lipinski definition) is 1. The minimum Gasteiger partial charge on any atom is -0.317 e. The average molecular weight is 211 g/mol. The molecule has 15 heavy (non-hydrogen) atoms. The van der Waals surface area contributed by atoms with Gasteiger partial charge in [0.15, 0.2) is 0 Å². The van der Waals surface area contributed by atoms with Gasteiger partial charge < -0.3 is 5.32 Å². The number of rotatable bonds is 6. The third-order valence-electron chi connectivity index (χ3n) is 3.91. The van der Waals surface area contributed by atoms with Gasteiger partial charge in [-0.1, -0.05) is 39.5 Å². The fourth-order valence-electron chi connectivity index (χ4n) is 2.78. The number of nitrogens with one attached hydrogen (secondary N) is 1. The zero-order valence-corrected chi connectivity index (χ0v) is 10.7. The van der Waals surface area contributed by atoms with Crippen LogP contribution in [-0.4, -0.2) is 13.1 Å². The molecule has 1 N–H and O–H groups in total. The molecule has 1 fully saturated rings. The van der Waals surface area contributed by atoms with Gasteiger partial charge in [-0.05, 0) is 50.6 Å². The van der Waals surface area contributed by atoms with Gasteiger partial charge in [0.1, 0.15) is 0 Å². The van der Waals surface area contributed by atoms with Crippen molar-refractivity contribution in [3.8, 4) is 0 Å². The van der Waals surface area contributed by atoms with E-state index in [1.54, 1.807) is 0 Å². The van der Waals surface area contributed by atoms with Crippen molar-refractivity contribution in [2.24, 2.45) is 11.8 Å². The minimum absolute atomic E-state index is 1.01. The van der Waals surface area contributed by atoms with E-state index in [2.05, 4.69) is 19.2 Å². The lowest BCUT2D eigenvalue weighted by Gasteiger charge is -2.21. The topological polar surface area (TPSA) is 12.0 Å². The normalized spacial score (nSPS) is 24.8. The highest BCUT2D eigenvalue weighted by molar-refractivity contribution is 4.70. The lowest BCUT2D eigenvalue weighted by atomic mass is 9.85. The van der Waals surface area contributed by atoms with Gasteiger partial charge in [0.2, 0.25) is 0 Å². The predicted octanol–water partition coefficient (Wildman–Crippen LogP) is 3.98. The molecule has 1 aliphatic rings. The average Bonchev–Trinajstić information content (AvgIpc) is 2.52. The van der Waals surface area contributed by atoms with Gasteiger partial charge in [0, 0.05) is 0 Å². The van der Waals surface area contributed by atoms with Crippen LogP contribution in [0.4, 0.5) is 0 Å². The van der Waals surface area contributed by atoms with Crippen LogP contribution >= 0.6 is 0 Å². The molecule has 1 saturated heterocycles. The fourth-order valence-corrected chi connectivity index (χ4v) is 2.78. The zero-order chi connectivity index (χ0) is 10.9. The van der Waals surface area contributed by atoms with Crippen molar-refractivity contribution < 1.29 is 0 Å². The third kappa shape index (κ3) is 5.55. The van der Waals surface area contributed by atoms with Crippen LogP contribution in [0.25, 0.3) is 0 Å². The highest BCUT2D eigenvalue weighted by Crippen LogP contribution is 2.27. The van der Waals surface area contributed by atoms with Gasteiger partial charge in [0.25, 0.3) is 0 Å². The minimum atomic E-state index is 1.01. The first kappa shape index (κ1) is 13.0. The van der Waals surface area contributed by atoms with Crippen molar-refractivity contribution in [3.63, 3.8) is 0 Å². The first-order chi connectivity index (χ1) is 7.36. The Labute approximate surface area is 96.0 Å². The summed E-state index contributed by atoms with van der Waals surface area (Å²) in [6.07, 6.45) is 11.4. The van der Waals surface area contributed by atoms with Crippen LogP contribution < -0.4 is 5.32 Å². The maximum absolute atomic E-state index is 3.51. The Balaban J connectivity index is 2.22. The molecule has 1 rings (SSSR count). The zero-order valence-electron chi connectivity index (χ0n) is 10.7. The summed E-state index contributed by atoms with van der Waals surface area (Å²) in [5, 5.41) is 3.51. The first-order valence-electron chi connectivity index (χ1n) is 7.07. The van der Waals surface area contributed by atoms with Crippen molar-refractivity contribution in [1.82, 2.24) is 5.32 Å². The molecule has 0 spiro atoms. The predicted molar refractivity (Wildman–Crippen MR) is 68.1 cm³/mol. The largest absolute Gasteiger partial charge is 0.317 e. The van der Waals surface area contributed by atoms with E-state index in [9.17, 15) is 0 Å². The quantitative estimate of drug-likeness (QED) is 0.700. The molecule has 0 saturated carbocycles. The lowest BCUT2D eigenvalue weighted by molar-refractivity contribution is 0.317. The second-order valence-corrected chi connectivity index (χ2v) is 5.20. The molecule has 0 bridgehead atoms. The van der Waals surface area contributed by atoms with Crippen LogP contribution in [-0.2, 0) is 0 Å². The molecular weight excluding hydrogens is 182 g/mol. The highest BCUT2D eigenvalue weighted by atomic mass is 14.8. The molecule has 0 aromatic carbocycles. The van der Waals surface area contributed by atoms with Crippen molar-refractivity contribution in [1.29, 1.82) is 0 Å². The van der Waals surface area contributed by atoms with E-state index >= 15 is 0 Å². The summed E-state index contributed by atoms with van der Waals surface area (Å²) in [6.45, 7) is 7.19.